The number of amides is 2. The maximum atomic E-state index is 12.6. The molecule has 3 heteroatoms. The van der Waals surface area contributed by atoms with Crippen LogP contribution in [0.5, 0.6) is 0 Å². The number of benzene rings is 2. The van der Waals surface area contributed by atoms with E-state index in [0.717, 1.165) is 29.3 Å². The van der Waals surface area contributed by atoms with Crippen molar-refractivity contribution in [1.29, 1.82) is 0 Å². The SMILES string of the molecule is C[C@@H]1CCC[C@@H](C)N1C(=O)Nc1cccc2ccccc12. The molecule has 1 fully saturated rings. The highest BCUT2D eigenvalue weighted by Gasteiger charge is 2.29. The van der Waals surface area contributed by atoms with Crippen LogP contribution in [0.1, 0.15) is 33.1 Å². The molecule has 1 aliphatic rings. The molecule has 2 aromatic carbocycles. The van der Waals surface area contributed by atoms with Gasteiger partial charge in [0, 0.05) is 17.5 Å². The molecular weight excluding hydrogens is 260 g/mol. The lowest BCUT2D eigenvalue weighted by Crippen LogP contribution is -2.49. The van der Waals surface area contributed by atoms with Crippen LogP contribution >= 0.6 is 0 Å². The minimum atomic E-state index is 0.0195. The maximum absolute atomic E-state index is 12.6. The molecule has 2 amide bonds. The molecule has 0 radical (unpaired) electrons. The molecule has 0 aromatic heterocycles. The Morgan fingerprint density at radius 2 is 1.71 bits per heavy atom. The molecule has 1 saturated heterocycles. The van der Waals surface area contributed by atoms with Crippen LogP contribution in [-0.4, -0.2) is 23.0 Å². The standard InChI is InChI=1S/C18H22N2O/c1-13-7-5-8-14(2)20(13)18(21)19-17-12-6-10-15-9-3-4-11-16(15)17/h3-4,6,9-14H,5,7-8H2,1-2H3,(H,19,21)/t13-,14-/m1/s1. The van der Waals surface area contributed by atoms with E-state index in [4.69, 9.17) is 0 Å². The molecule has 1 N–H and O–H groups in total. The summed E-state index contributed by atoms with van der Waals surface area (Å²) in [6, 6.07) is 14.8. The van der Waals surface area contributed by atoms with Crippen LogP contribution in [0, 0.1) is 0 Å². The highest BCUT2D eigenvalue weighted by atomic mass is 16.2. The van der Waals surface area contributed by atoms with Gasteiger partial charge in [-0.25, -0.2) is 4.79 Å². The molecule has 0 bridgehead atoms. The van der Waals surface area contributed by atoms with Crippen molar-refractivity contribution in [2.24, 2.45) is 0 Å². The quantitative estimate of drug-likeness (QED) is 0.812. The number of hydrogen-bond acceptors (Lipinski definition) is 1. The van der Waals surface area contributed by atoms with E-state index in [-0.39, 0.29) is 6.03 Å². The Morgan fingerprint density at radius 3 is 2.48 bits per heavy atom. The van der Waals surface area contributed by atoms with Gasteiger partial charge in [-0.3, -0.25) is 0 Å². The highest BCUT2D eigenvalue weighted by molar-refractivity contribution is 6.01. The Labute approximate surface area is 125 Å². The molecule has 0 aliphatic carbocycles. The number of anilines is 1. The van der Waals surface area contributed by atoms with Crippen LogP contribution in [0.15, 0.2) is 42.5 Å². The summed E-state index contributed by atoms with van der Waals surface area (Å²) in [6.07, 6.45) is 3.39. The average Bonchev–Trinajstić information content (AvgIpc) is 2.47. The number of piperidine rings is 1. The van der Waals surface area contributed by atoms with E-state index in [1.165, 1.54) is 6.42 Å². The second kappa shape index (κ2) is 5.76. The largest absolute Gasteiger partial charge is 0.322 e. The van der Waals surface area contributed by atoms with Crippen molar-refractivity contribution in [1.82, 2.24) is 4.90 Å². The topological polar surface area (TPSA) is 32.3 Å². The van der Waals surface area contributed by atoms with Gasteiger partial charge < -0.3 is 10.2 Å². The van der Waals surface area contributed by atoms with Gasteiger partial charge in [-0.15, -0.1) is 0 Å². The highest BCUT2D eigenvalue weighted by Crippen LogP contribution is 2.26. The van der Waals surface area contributed by atoms with Crippen molar-refractivity contribution in [3.05, 3.63) is 42.5 Å². The van der Waals surface area contributed by atoms with Gasteiger partial charge >= 0.3 is 6.03 Å². The van der Waals surface area contributed by atoms with E-state index in [2.05, 4.69) is 31.3 Å². The van der Waals surface area contributed by atoms with Crippen LogP contribution < -0.4 is 5.32 Å². The number of rotatable bonds is 1. The lowest BCUT2D eigenvalue weighted by atomic mass is 9.98. The molecule has 0 spiro atoms. The number of carbonyl (C=O) groups is 1. The van der Waals surface area contributed by atoms with Crippen molar-refractivity contribution in [2.45, 2.75) is 45.2 Å². The second-order valence-electron chi connectivity index (χ2n) is 5.99. The first-order chi connectivity index (χ1) is 10.2. The van der Waals surface area contributed by atoms with Gasteiger partial charge in [0.05, 0.1) is 5.69 Å². The minimum absolute atomic E-state index is 0.0195. The van der Waals surface area contributed by atoms with Gasteiger partial charge in [-0.1, -0.05) is 36.4 Å². The third-order valence-corrected chi connectivity index (χ3v) is 4.46. The number of nitrogens with one attached hydrogen (secondary N) is 1. The fraction of sp³-hybridized carbons (Fsp3) is 0.389. The Kier molecular flexibility index (Phi) is 3.82. The molecule has 0 unspecified atom stereocenters. The number of likely N-dealkylation sites (tertiary alicyclic amines) is 1. The van der Waals surface area contributed by atoms with Gasteiger partial charge in [0.15, 0.2) is 0 Å². The van der Waals surface area contributed by atoms with Gasteiger partial charge in [0.25, 0.3) is 0 Å². The number of carbonyl (C=O) groups excluding carboxylic acids is 1. The monoisotopic (exact) mass is 282 g/mol. The maximum Gasteiger partial charge on any atom is 0.322 e. The lowest BCUT2D eigenvalue weighted by Gasteiger charge is -2.39. The molecule has 0 saturated carbocycles. The van der Waals surface area contributed by atoms with Crippen molar-refractivity contribution in [2.75, 3.05) is 5.32 Å². The van der Waals surface area contributed by atoms with E-state index >= 15 is 0 Å². The molecule has 110 valence electrons. The van der Waals surface area contributed by atoms with Crippen LogP contribution in [0.3, 0.4) is 0 Å². The summed E-state index contributed by atoms with van der Waals surface area (Å²) < 4.78 is 0. The van der Waals surface area contributed by atoms with Crippen molar-refractivity contribution in [3.63, 3.8) is 0 Å². The predicted octanol–water partition coefficient (Wildman–Crippen LogP) is 4.63. The van der Waals surface area contributed by atoms with E-state index in [9.17, 15) is 4.79 Å². The second-order valence-corrected chi connectivity index (χ2v) is 5.99. The summed E-state index contributed by atoms with van der Waals surface area (Å²) in [4.78, 5) is 14.6. The Bertz CT molecular complexity index is 637. The van der Waals surface area contributed by atoms with Gasteiger partial charge in [0.2, 0.25) is 0 Å². The minimum Gasteiger partial charge on any atom is -0.319 e. The molecular formula is C18H22N2O. The fourth-order valence-electron chi connectivity index (χ4n) is 3.34. The third-order valence-electron chi connectivity index (χ3n) is 4.46. The lowest BCUT2D eigenvalue weighted by molar-refractivity contribution is 0.133. The molecule has 2 atom stereocenters. The zero-order valence-electron chi connectivity index (χ0n) is 12.7. The van der Waals surface area contributed by atoms with Gasteiger partial charge in [-0.2, -0.15) is 0 Å². The van der Waals surface area contributed by atoms with Gasteiger partial charge in [0.1, 0.15) is 0 Å². The Balaban J connectivity index is 1.86. The predicted molar refractivity (Wildman–Crippen MR) is 87.6 cm³/mol. The summed E-state index contributed by atoms with van der Waals surface area (Å²) in [7, 11) is 0. The first-order valence-corrected chi connectivity index (χ1v) is 7.74. The van der Waals surface area contributed by atoms with E-state index in [0.29, 0.717) is 12.1 Å². The van der Waals surface area contributed by atoms with E-state index < -0.39 is 0 Å². The first kappa shape index (κ1) is 13.9. The van der Waals surface area contributed by atoms with E-state index in [1.54, 1.807) is 0 Å². The fourth-order valence-corrected chi connectivity index (χ4v) is 3.34. The molecule has 2 aromatic rings. The van der Waals surface area contributed by atoms with Gasteiger partial charge in [-0.05, 0) is 44.6 Å². The van der Waals surface area contributed by atoms with Crippen molar-refractivity contribution in [3.8, 4) is 0 Å². The van der Waals surface area contributed by atoms with Crippen molar-refractivity contribution >= 4 is 22.5 Å². The van der Waals surface area contributed by atoms with Crippen molar-refractivity contribution < 1.29 is 4.79 Å². The normalized spacial score (nSPS) is 22.3. The summed E-state index contributed by atoms with van der Waals surface area (Å²) in [5, 5.41) is 5.34. The summed E-state index contributed by atoms with van der Waals surface area (Å²) in [5.74, 6) is 0. The molecule has 1 heterocycles. The van der Waals surface area contributed by atoms with Crippen LogP contribution in [0.2, 0.25) is 0 Å². The molecule has 1 aliphatic heterocycles. The summed E-state index contributed by atoms with van der Waals surface area (Å²) in [6.45, 7) is 4.27. The molecule has 3 rings (SSSR count). The number of nitrogens with zero attached hydrogens (tertiary/aromatic N) is 1. The summed E-state index contributed by atoms with van der Waals surface area (Å²) in [5.41, 5.74) is 0.892. The Morgan fingerprint density at radius 1 is 1.05 bits per heavy atom. The third kappa shape index (κ3) is 2.73. The summed E-state index contributed by atoms with van der Waals surface area (Å²) >= 11 is 0. The molecule has 21 heavy (non-hydrogen) atoms. The van der Waals surface area contributed by atoms with Crippen LogP contribution in [0.25, 0.3) is 10.8 Å². The average molecular weight is 282 g/mol. The Hall–Kier alpha value is -2.03. The zero-order chi connectivity index (χ0) is 14.8. The zero-order valence-corrected chi connectivity index (χ0v) is 12.7. The van der Waals surface area contributed by atoms with Crippen LogP contribution in [-0.2, 0) is 0 Å². The first-order valence-electron chi connectivity index (χ1n) is 7.74. The number of fused-ring (bicyclic) bond motifs is 1. The number of urea groups is 1. The van der Waals surface area contributed by atoms with E-state index in [1.807, 2.05) is 35.2 Å². The number of hydrogen-bond donors (Lipinski definition) is 1. The molecule has 3 nitrogen and oxygen atoms in total. The smallest absolute Gasteiger partial charge is 0.319 e. The van der Waals surface area contributed by atoms with Crippen LogP contribution in [0.4, 0.5) is 10.5 Å².